The molecular formula is C23H24BrN3O2. The topological polar surface area (TPSA) is 70.6 Å². The van der Waals surface area contributed by atoms with Gasteiger partial charge in [0.1, 0.15) is 11.1 Å². The molecule has 2 bridgehead atoms. The minimum absolute atomic E-state index is 0.172. The number of hydrogen-bond acceptors (Lipinski definition) is 4. The molecule has 2 fully saturated rings. The van der Waals surface area contributed by atoms with E-state index in [2.05, 4.69) is 38.7 Å². The van der Waals surface area contributed by atoms with Crippen LogP contribution in [0, 0.1) is 16.2 Å². The van der Waals surface area contributed by atoms with Crippen LogP contribution in [0.5, 0.6) is 0 Å². The zero-order valence-corrected chi connectivity index (χ0v) is 18.3. The lowest BCUT2D eigenvalue weighted by Crippen LogP contribution is -2.47. The largest absolute Gasteiger partial charge is 0.325 e. The van der Waals surface area contributed by atoms with E-state index in [0.29, 0.717) is 17.8 Å². The Hall–Kier alpha value is -2.47. The van der Waals surface area contributed by atoms with Crippen LogP contribution >= 0.6 is 15.9 Å². The number of hydrazone groups is 1. The van der Waals surface area contributed by atoms with Crippen LogP contribution in [0.15, 0.2) is 64.2 Å². The zero-order chi connectivity index (χ0) is 20.9. The summed E-state index contributed by atoms with van der Waals surface area (Å²) in [4.78, 5) is 27.0. The smallest absolute Gasteiger partial charge is 0.239 e. The maximum Gasteiger partial charge on any atom is 0.239 e. The molecule has 2 aliphatic rings. The van der Waals surface area contributed by atoms with Gasteiger partial charge in [0.05, 0.1) is 5.69 Å². The number of halogens is 1. The second kappa shape index (κ2) is 6.80. The number of hydrogen-bond donors (Lipinski definition) is 2. The van der Waals surface area contributed by atoms with Crippen molar-refractivity contribution >= 4 is 44.7 Å². The number of Topliss-reactive ketones (excluding diaryl/α,β-unsaturated/α-hetero) is 1. The Balaban J connectivity index is 1.69. The van der Waals surface area contributed by atoms with Gasteiger partial charge in [-0.2, -0.15) is 5.10 Å². The van der Waals surface area contributed by atoms with Crippen LogP contribution in [0.3, 0.4) is 0 Å². The number of carbonyl (C=O) groups excluding carboxylic acids is 2. The van der Waals surface area contributed by atoms with E-state index >= 15 is 0 Å². The average Bonchev–Trinajstić information content (AvgIpc) is 2.98. The van der Waals surface area contributed by atoms with Crippen molar-refractivity contribution in [3.8, 4) is 0 Å². The van der Waals surface area contributed by atoms with E-state index in [0.717, 1.165) is 16.6 Å². The van der Waals surface area contributed by atoms with Crippen molar-refractivity contribution in [1.82, 2.24) is 0 Å². The molecule has 2 saturated carbocycles. The molecule has 0 heterocycles. The number of nitrogens with one attached hydrogen (secondary N) is 2. The molecule has 2 aromatic rings. The van der Waals surface area contributed by atoms with Crippen LogP contribution in [0.1, 0.15) is 33.6 Å². The van der Waals surface area contributed by atoms with Crippen molar-refractivity contribution in [3.05, 3.63) is 59.1 Å². The lowest BCUT2D eigenvalue weighted by Gasteiger charge is -2.37. The van der Waals surface area contributed by atoms with Crippen LogP contribution in [-0.4, -0.2) is 17.4 Å². The molecule has 29 heavy (non-hydrogen) atoms. The first-order chi connectivity index (χ1) is 13.7. The Morgan fingerprint density at radius 3 is 2.28 bits per heavy atom. The Morgan fingerprint density at radius 2 is 1.62 bits per heavy atom. The SMILES string of the molecule is CC12CCC(C(=O)Nc3ccc(Br)cc3)(C(=O)/C1=N\Nc1ccccc1)C2(C)C. The molecule has 2 unspecified atom stereocenters. The Morgan fingerprint density at radius 1 is 0.966 bits per heavy atom. The van der Waals surface area contributed by atoms with Crippen molar-refractivity contribution in [2.24, 2.45) is 21.3 Å². The molecule has 0 aromatic heterocycles. The first-order valence-corrected chi connectivity index (χ1v) is 10.5. The van der Waals surface area contributed by atoms with Crippen LogP contribution in [0.2, 0.25) is 0 Å². The zero-order valence-electron chi connectivity index (χ0n) is 16.8. The molecule has 0 aliphatic heterocycles. The van der Waals surface area contributed by atoms with Gasteiger partial charge in [0.25, 0.3) is 0 Å². The van der Waals surface area contributed by atoms with Gasteiger partial charge in [-0.1, -0.05) is 54.9 Å². The quantitative estimate of drug-likeness (QED) is 0.490. The van der Waals surface area contributed by atoms with Gasteiger partial charge in [0.2, 0.25) is 5.91 Å². The lowest BCUT2D eigenvalue weighted by atomic mass is 9.64. The monoisotopic (exact) mass is 453 g/mol. The summed E-state index contributed by atoms with van der Waals surface area (Å²) in [5.41, 5.74) is 2.82. The third-order valence-corrected chi connectivity index (χ3v) is 7.66. The Kier molecular flexibility index (Phi) is 4.65. The van der Waals surface area contributed by atoms with Crippen molar-refractivity contribution < 1.29 is 9.59 Å². The van der Waals surface area contributed by atoms with Gasteiger partial charge in [-0.05, 0) is 54.7 Å². The number of nitrogens with zero attached hydrogens (tertiary/aromatic N) is 1. The highest BCUT2D eigenvalue weighted by Crippen LogP contribution is 2.69. The third kappa shape index (κ3) is 2.76. The maximum atomic E-state index is 13.6. The molecule has 2 aliphatic carbocycles. The number of carbonyl (C=O) groups is 2. The second-order valence-electron chi connectivity index (χ2n) is 8.59. The molecule has 0 radical (unpaired) electrons. The van der Waals surface area contributed by atoms with Gasteiger partial charge in [-0.15, -0.1) is 0 Å². The third-order valence-electron chi connectivity index (χ3n) is 7.13. The van der Waals surface area contributed by atoms with Crippen LogP contribution in [0.4, 0.5) is 11.4 Å². The van der Waals surface area contributed by atoms with E-state index in [1.54, 1.807) is 0 Å². The molecule has 150 valence electrons. The lowest BCUT2D eigenvalue weighted by molar-refractivity contribution is -0.139. The molecule has 2 N–H and O–H groups in total. The molecule has 2 aromatic carbocycles. The minimum Gasteiger partial charge on any atom is -0.325 e. The van der Waals surface area contributed by atoms with Crippen LogP contribution < -0.4 is 10.7 Å². The van der Waals surface area contributed by atoms with Gasteiger partial charge < -0.3 is 5.32 Å². The normalized spacial score (nSPS) is 28.6. The number of benzene rings is 2. The summed E-state index contributed by atoms with van der Waals surface area (Å²) in [6.45, 7) is 6.09. The van der Waals surface area contributed by atoms with Crippen LogP contribution in [-0.2, 0) is 9.59 Å². The predicted molar refractivity (Wildman–Crippen MR) is 119 cm³/mol. The van der Waals surface area contributed by atoms with Gasteiger partial charge in [-0.3, -0.25) is 15.0 Å². The average molecular weight is 454 g/mol. The number of ketones is 1. The molecular weight excluding hydrogens is 430 g/mol. The summed E-state index contributed by atoms with van der Waals surface area (Å²) in [6.07, 6.45) is 1.27. The maximum absolute atomic E-state index is 13.6. The van der Waals surface area contributed by atoms with Gasteiger partial charge in [0.15, 0.2) is 5.78 Å². The molecule has 4 rings (SSSR count). The number of para-hydroxylation sites is 1. The molecule has 0 spiro atoms. The van der Waals surface area contributed by atoms with Crippen molar-refractivity contribution in [1.29, 1.82) is 0 Å². The fourth-order valence-electron chi connectivity index (χ4n) is 4.88. The van der Waals surface area contributed by atoms with E-state index in [1.165, 1.54) is 0 Å². The first kappa shape index (κ1) is 19.8. The highest BCUT2D eigenvalue weighted by atomic mass is 79.9. The molecule has 0 saturated heterocycles. The standard InChI is InChI=1S/C23H24BrN3O2/c1-21(2)22(3)13-14-23(21,20(29)25-16-11-9-15(24)10-12-16)19(28)18(22)27-26-17-7-5-4-6-8-17/h4-12,26H,13-14H2,1-3H3,(H,25,29)/b27-18+. The number of amides is 1. The highest BCUT2D eigenvalue weighted by Gasteiger charge is 2.76. The second-order valence-corrected chi connectivity index (χ2v) is 9.51. The van der Waals surface area contributed by atoms with Crippen LogP contribution in [0.25, 0.3) is 0 Å². The van der Waals surface area contributed by atoms with Crippen molar-refractivity contribution in [3.63, 3.8) is 0 Å². The number of rotatable bonds is 4. The number of anilines is 2. The van der Waals surface area contributed by atoms with E-state index in [-0.39, 0.29) is 11.7 Å². The Labute approximate surface area is 179 Å². The highest BCUT2D eigenvalue weighted by molar-refractivity contribution is 9.10. The molecule has 6 heteroatoms. The summed E-state index contributed by atoms with van der Waals surface area (Å²) in [5.74, 6) is -0.419. The summed E-state index contributed by atoms with van der Waals surface area (Å²) in [6, 6.07) is 16.9. The van der Waals surface area contributed by atoms with E-state index in [9.17, 15) is 9.59 Å². The van der Waals surface area contributed by atoms with Gasteiger partial charge >= 0.3 is 0 Å². The fraction of sp³-hybridized carbons (Fsp3) is 0.348. The predicted octanol–water partition coefficient (Wildman–Crippen LogP) is 5.25. The van der Waals surface area contributed by atoms with Crippen molar-refractivity contribution in [2.45, 2.75) is 33.6 Å². The summed E-state index contributed by atoms with van der Waals surface area (Å²) in [7, 11) is 0. The molecule has 1 amide bonds. The summed E-state index contributed by atoms with van der Waals surface area (Å²) >= 11 is 3.40. The van der Waals surface area contributed by atoms with Gasteiger partial charge in [0, 0.05) is 15.6 Å². The minimum atomic E-state index is -1.12. The number of fused-ring (bicyclic) bond motifs is 2. The molecule has 2 atom stereocenters. The fourth-order valence-corrected chi connectivity index (χ4v) is 5.14. The molecule has 5 nitrogen and oxygen atoms in total. The van der Waals surface area contributed by atoms with Gasteiger partial charge in [-0.25, -0.2) is 0 Å². The van der Waals surface area contributed by atoms with Crippen molar-refractivity contribution in [2.75, 3.05) is 10.7 Å². The van der Waals surface area contributed by atoms with E-state index in [4.69, 9.17) is 0 Å². The first-order valence-electron chi connectivity index (χ1n) is 9.73. The van der Waals surface area contributed by atoms with E-state index < -0.39 is 16.2 Å². The summed E-state index contributed by atoms with van der Waals surface area (Å²) in [5, 5.41) is 7.47. The summed E-state index contributed by atoms with van der Waals surface area (Å²) < 4.78 is 0.931. The Bertz CT molecular complexity index is 1000. The van der Waals surface area contributed by atoms with E-state index in [1.807, 2.05) is 68.4 Å².